The molecule has 0 bridgehead atoms. The predicted molar refractivity (Wildman–Crippen MR) is 77.7 cm³/mol. The highest BCUT2D eigenvalue weighted by Gasteiger charge is 2.23. The van der Waals surface area contributed by atoms with Gasteiger partial charge < -0.3 is 5.32 Å². The van der Waals surface area contributed by atoms with Crippen LogP contribution in [-0.4, -0.2) is 30.6 Å². The molecule has 0 aromatic heterocycles. The number of likely N-dealkylation sites (tertiary alicyclic amines) is 1. The number of likely N-dealkylation sites (N-methyl/N-ethyl adjacent to an activating group) is 1. The van der Waals surface area contributed by atoms with E-state index in [1.807, 2.05) is 12.1 Å². The van der Waals surface area contributed by atoms with Crippen LogP contribution in [0.3, 0.4) is 0 Å². The van der Waals surface area contributed by atoms with Crippen molar-refractivity contribution in [3.8, 4) is 0 Å². The molecule has 0 aliphatic carbocycles. The summed E-state index contributed by atoms with van der Waals surface area (Å²) in [6.45, 7) is 7.81. The van der Waals surface area contributed by atoms with Gasteiger partial charge in [0.25, 0.3) is 0 Å². The molecule has 1 saturated heterocycles. The summed E-state index contributed by atoms with van der Waals surface area (Å²) >= 11 is 0. The lowest BCUT2D eigenvalue weighted by Gasteiger charge is -2.26. The van der Waals surface area contributed by atoms with Gasteiger partial charge in [0.15, 0.2) is 0 Å². The van der Waals surface area contributed by atoms with Crippen molar-refractivity contribution in [3.63, 3.8) is 0 Å². The quantitative estimate of drug-likeness (QED) is 0.847. The van der Waals surface area contributed by atoms with Gasteiger partial charge in [-0.05, 0) is 50.0 Å². The SMILES string of the molecule is CCC(NCC1CCCN1CC)c1ccc(F)cc1. The van der Waals surface area contributed by atoms with Crippen LogP contribution in [0.2, 0.25) is 0 Å². The molecule has 2 nitrogen and oxygen atoms in total. The van der Waals surface area contributed by atoms with Gasteiger partial charge in [-0.3, -0.25) is 4.90 Å². The van der Waals surface area contributed by atoms with Gasteiger partial charge in [0.2, 0.25) is 0 Å². The summed E-state index contributed by atoms with van der Waals surface area (Å²) in [6, 6.07) is 7.88. The molecule has 0 spiro atoms. The molecule has 1 aliphatic rings. The van der Waals surface area contributed by atoms with Crippen molar-refractivity contribution in [2.75, 3.05) is 19.6 Å². The van der Waals surface area contributed by atoms with Crippen LogP contribution in [0.25, 0.3) is 0 Å². The molecule has 1 aromatic rings. The Bertz CT molecular complexity index is 377. The Morgan fingerprint density at radius 3 is 2.68 bits per heavy atom. The molecule has 0 radical (unpaired) electrons. The van der Waals surface area contributed by atoms with Crippen LogP contribution in [0.15, 0.2) is 24.3 Å². The highest BCUT2D eigenvalue weighted by molar-refractivity contribution is 5.19. The number of halogens is 1. The van der Waals surface area contributed by atoms with E-state index in [4.69, 9.17) is 0 Å². The zero-order valence-corrected chi connectivity index (χ0v) is 12.0. The molecular weight excluding hydrogens is 239 g/mol. The van der Waals surface area contributed by atoms with Gasteiger partial charge in [-0.15, -0.1) is 0 Å². The van der Waals surface area contributed by atoms with Crippen molar-refractivity contribution < 1.29 is 4.39 Å². The molecule has 2 atom stereocenters. The van der Waals surface area contributed by atoms with Crippen LogP contribution in [-0.2, 0) is 0 Å². The fourth-order valence-corrected chi connectivity index (χ4v) is 3.01. The fourth-order valence-electron chi connectivity index (χ4n) is 3.01. The van der Waals surface area contributed by atoms with Crippen molar-refractivity contribution in [2.45, 2.75) is 45.2 Å². The Hall–Kier alpha value is -0.930. The van der Waals surface area contributed by atoms with Crippen molar-refractivity contribution in [3.05, 3.63) is 35.6 Å². The molecule has 19 heavy (non-hydrogen) atoms. The summed E-state index contributed by atoms with van der Waals surface area (Å²) in [5, 5.41) is 3.65. The normalized spacial score (nSPS) is 21.7. The number of hydrogen-bond donors (Lipinski definition) is 1. The lowest BCUT2D eigenvalue weighted by Crippen LogP contribution is -2.39. The minimum Gasteiger partial charge on any atom is -0.308 e. The Labute approximate surface area is 116 Å². The van der Waals surface area contributed by atoms with Gasteiger partial charge >= 0.3 is 0 Å². The number of nitrogens with one attached hydrogen (secondary N) is 1. The number of rotatable bonds is 6. The third-order valence-electron chi connectivity index (χ3n) is 4.19. The standard InChI is InChI=1S/C16H25FN2/c1-3-16(13-7-9-14(17)10-8-13)18-12-15-6-5-11-19(15)4-2/h7-10,15-16,18H,3-6,11-12H2,1-2H3. The molecule has 2 rings (SSSR count). The van der Waals surface area contributed by atoms with Gasteiger partial charge in [-0.25, -0.2) is 4.39 Å². The molecule has 1 fully saturated rings. The van der Waals surface area contributed by atoms with Crippen LogP contribution < -0.4 is 5.32 Å². The van der Waals surface area contributed by atoms with Gasteiger partial charge in [0.05, 0.1) is 0 Å². The van der Waals surface area contributed by atoms with Gasteiger partial charge in [0.1, 0.15) is 5.82 Å². The monoisotopic (exact) mass is 264 g/mol. The lowest BCUT2D eigenvalue weighted by atomic mass is 10.0. The second-order valence-electron chi connectivity index (χ2n) is 5.35. The minimum absolute atomic E-state index is 0.161. The third kappa shape index (κ3) is 3.77. The first-order chi connectivity index (χ1) is 9.24. The van der Waals surface area contributed by atoms with E-state index >= 15 is 0 Å². The van der Waals surface area contributed by atoms with E-state index in [9.17, 15) is 4.39 Å². The van der Waals surface area contributed by atoms with Crippen LogP contribution in [0, 0.1) is 5.82 Å². The minimum atomic E-state index is -0.161. The van der Waals surface area contributed by atoms with E-state index in [-0.39, 0.29) is 5.82 Å². The number of nitrogens with zero attached hydrogens (tertiary/aromatic N) is 1. The van der Waals surface area contributed by atoms with E-state index in [0.717, 1.165) is 19.5 Å². The molecule has 2 unspecified atom stereocenters. The molecular formula is C16H25FN2. The Balaban J connectivity index is 1.90. The second kappa shape index (κ2) is 7.01. The molecule has 1 aromatic carbocycles. The fraction of sp³-hybridized carbons (Fsp3) is 0.625. The van der Waals surface area contributed by atoms with Crippen LogP contribution in [0.5, 0.6) is 0 Å². The molecule has 0 saturated carbocycles. The van der Waals surface area contributed by atoms with Crippen molar-refractivity contribution in [2.24, 2.45) is 0 Å². The second-order valence-corrected chi connectivity index (χ2v) is 5.35. The van der Waals surface area contributed by atoms with Gasteiger partial charge in [-0.2, -0.15) is 0 Å². The van der Waals surface area contributed by atoms with E-state index in [2.05, 4.69) is 24.1 Å². The maximum atomic E-state index is 13.0. The first-order valence-electron chi connectivity index (χ1n) is 7.47. The molecule has 1 N–H and O–H groups in total. The molecule has 0 amide bonds. The highest BCUT2D eigenvalue weighted by atomic mass is 19.1. The van der Waals surface area contributed by atoms with Crippen molar-refractivity contribution in [1.29, 1.82) is 0 Å². The molecule has 3 heteroatoms. The van der Waals surface area contributed by atoms with E-state index in [1.165, 1.54) is 24.9 Å². The summed E-state index contributed by atoms with van der Waals surface area (Å²) in [6.07, 6.45) is 3.64. The summed E-state index contributed by atoms with van der Waals surface area (Å²) < 4.78 is 13.0. The summed E-state index contributed by atoms with van der Waals surface area (Å²) in [7, 11) is 0. The number of benzene rings is 1. The average molecular weight is 264 g/mol. The summed E-state index contributed by atoms with van der Waals surface area (Å²) in [5.74, 6) is -0.161. The maximum absolute atomic E-state index is 13.0. The zero-order chi connectivity index (χ0) is 13.7. The third-order valence-corrected chi connectivity index (χ3v) is 4.19. The lowest BCUT2D eigenvalue weighted by molar-refractivity contribution is 0.253. The molecule has 1 aliphatic heterocycles. The van der Waals surface area contributed by atoms with Gasteiger partial charge in [0, 0.05) is 18.6 Å². The van der Waals surface area contributed by atoms with Crippen molar-refractivity contribution in [1.82, 2.24) is 10.2 Å². The summed E-state index contributed by atoms with van der Waals surface area (Å²) in [4.78, 5) is 2.55. The molecule has 1 heterocycles. The van der Waals surface area contributed by atoms with E-state index in [1.54, 1.807) is 12.1 Å². The number of hydrogen-bond acceptors (Lipinski definition) is 2. The zero-order valence-electron chi connectivity index (χ0n) is 12.0. The van der Waals surface area contributed by atoms with Gasteiger partial charge in [-0.1, -0.05) is 26.0 Å². The average Bonchev–Trinajstić information content (AvgIpc) is 2.89. The Morgan fingerprint density at radius 1 is 1.32 bits per heavy atom. The molecule has 106 valence electrons. The first kappa shape index (κ1) is 14.5. The largest absolute Gasteiger partial charge is 0.308 e. The van der Waals surface area contributed by atoms with E-state index in [0.29, 0.717) is 12.1 Å². The maximum Gasteiger partial charge on any atom is 0.123 e. The first-order valence-corrected chi connectivity index (χ1v) is 7.47. The summed E-state index contributed by atoms with van der Waals surface area (Å²) in [5.41, 5.74) is 1.19. The topological polar surface area (TPSA) is 15.3 Å². The Morgan fingerprint density at radius 2 is 2.05 bits per heavy atom. The van der Waals surface area contributed by atoms with Crippen LogP contribution in [0.1, 0.15) is 44.7 Å². The smallest absolute Gasteiger partial charge is 0.123 e. The Kier molecular flexibility index (Phi) is 5.34. The van der Waals surface area contributed by atoms with Crippen LogP contribution >= 0.6 is 0 Å². The van der Waals surface area contributed by atoms with Crippen molar-refractivity contribution >= 4 is 0 Å². The highest BCUT2D eigenvalue weighted by Crippen LogP contribution is 2.20. The predicted octanol–water partition coefficient (Wildman–Crippen LogP) is 3.35. The van der Waals surface area contributed by atoms with Crippen LogP contribution in [0.4, 0.5) is 4.39 Å². The van der Waals surface area contributed by atoms with E-state index < -0.39 is 0 Å².